The molecule has 2 aromatic carbocycles. The average Bonchev–Trinajstić information content (AvgIpc) is 2.54. The second-order valence-electron chi connectivity index (χ2n) is 5.65. The first-order valence-corrected chi connectivity index (χ1v) is 7.75. The van der Waals surface area contributed by atoms with Crippen molar-refractivity contribution in [3.05, 3.63) is 59.7 Å². The first-order chi connectivity index (χ1) is 11.5. The lowest BCUT2D eigenvalue weighted by Crippen LogP contribution is -2.29. The number of ether oxygens (including phenoxy) is 1. The second kappa shape index (κ2) is 8.15. The Morgan fingerprint density at radius 2 is 1.83 bits per heavy atom. The van der Waals surface area contributed by atoms with E-state index in [0.717, 1.165) is 11.1 Å². The van der Waals surface area contributed by atoms with Gasteiger partial charge in [-0.1, -0.05) is 35.9 Å². The van der Waals surface area contributed by atoms with Crippen molar-refractivity contribution in [2.24, 2.45) is 0 Å². The van der Waals surface area contributed by atoms with Gasteiger partial charge in [-0.25, -0.2) is 0 Å². The van der Waals surface area contributed by atoms with Crippen LogP contribution in [0.3, 0.4) is 0 Å². The second-order valence-corrected chi connectivity index (χ2v) is 5.65. The first-order valence-electron chi connectivity index (χ1n) is 7.75. The third kappa shape index (κ3) is 5.12. The predicted molar refractivity (Wildman–Crippen MR) is 94.0 cm³/mol. The minimum Gasteiger partial charge on any atom is -0.497 e. The Hall–Kier alpha value is -2.82. The molecule has 0 aromatic heterocycles. The molecule has 0 fully saturated rings. The lowest BCUT2D eigenvalue weighted by Gasteiger charge is -2.18. The summed E-state index contributed by atoms with van der Waals surface area (Å²) in [6.45, 7) is 3.44. The molecule has 0 aliphatic carbocycles. The van der Waals surface area contributed by atoms with Gasteiger partial charge < -0.3 is 15.4 Å². The summed E-state index contributed by atoms with van der Waals surface area (Å²) in [6, 6.07) is 14.6. The number of amides is 2. The molecular weight excluding hydrogens is 304 g/mol. The maximum Gasteiger partial charge on any atom is 0.226 e. The number of anilines is 1. The van der Waals surface area contributed by atoms with Crippen LogP contribution < -0.4 is 15.4 Å². The Kier molecular flexibility index (Phi) is 5.95. The van der Waals surface area contributed by atoms with E-state index in [9.17, 15) is 9.59 Å². The molecule has 2 rings (SSSR count). The lowest BCUT2D eigenvalue weighted by atomic mass is 10.0. The Morgan fingerprint density at radius 1 is 1.12 bits per heavy atom. The molecule has 0 bridgehead atoms. The largest absolute Gasteiger partial charge is 0.497 e. The summed E-state index contributed by atoms with van der Waals surface area (Å²) in [4.78, 5) is 23.8. The number of rotatable bonds is 6. The zero-order valence-corrected chi connectivity index (χ0v) is 14.1. The molecule has 0 heterocycles. The van der Waals surface area contributed by atoms with Crippen molar-refractivity contribution >= 4 is 17.5 Å². The number of hydrogen-bond donors (Lipinski definition) is 2. The highest BCUT2D eigenvalue weighted by Gasteiger charge is 2.17. The van der Waals surface area contributed by atoms with Crippen LogP contribution in [0.4, 0.5) is 5.69 Å². The number of methoxy groups -OCH3 is 1. The first kappa shape index (κ1) is 17.5. The highest BCUT2D eigenvalue weighted by atomic mass is 16.5. The van der Waals surface area contributed by atoms with E-state index in [-0.39, 0.29) is 24.3 Å². The van der Waals surface area contributed by atoms with E-state index in [0.29, 0.717) is 11.4 Å². The van der Waals surface area contributed by atoms with Crippen LogP contribution in [-0.4, -0.2) is 18.9 Å². The summed E-state index contributed by atoms with van der Waals surface area (Å²) in [5.74, 6) is 0.321. The number of aryl methyl sites for hydroxylation is 1. The molecule has 24 heavy (non-hydrogen) atoms. The molecule has 2 N–H and O–H groups in total. The highest BCUT2D eigenvalue weighted by molar-refractivity contribution is 5.91. The smallest absolute Gasteiger partial charge is 0.226 e. The number of nitrogens with one attached hydrogen (secondary N) is 2. The normalized spacial score (nSPS) is 11.5. The monoisotopic (exact) mass is 326 g/mol. The van der Waals surface area contributed by atoms with Crippen molar-refractivity contribution in [3.63, 3.8) is 0 Å². The molecule has 1 atom stereocenters. The summed E-state index contributed by atoms with van der Waals surface area (Å²) in [7, 11) is 1.57. The highest BCUT2D eigenvalue weighted by Crippen LogP contribution is 2.20. The minimum atomic E-state index is -0.367. The van der Waals surface area contributed by atoms with Crippen molar-refractivity contribution < 1.29 is 14.3 Å². The maximum atomic E-state index is 12.3. The third-order valence-corrected chi connectivity index (χ3v) is 3.60. The molecule has 0 saturated carbocycles. The van der Waals surface area contributed by atoms with Crippen LogP contribution in [-0.2, 0) is 9.59 Å². The Morgan fingerprint density at radius 3 is 2.46 bits per heavy atom. The van der Waals surface area contributed by atoms with E-state index in [1.807, 2.05) is 37.3 Å². The SMILES string of the molecule is COc1cccc(NC(=O)CC(NC(C)=O)c2ccc(C)cc2)c1. The molecular formula is C19H22N2O3. The molecule has 0 spiro atoms. The van der Waals surface area contributed by atoms with Crippen molar-refractivity contribution in [1.82, 2.24) is 5.32 Å². The van der Waals surface area contributed by atoms with Gasteiger partial charge in [0.25, 0.3) is 0 Å². The van der Waals surface area contributed by atoms with E-state index in [2.05, 4.69) is 10.6 Å². The van der Waals surface area contributed by atoms with Crippen LogP contribution in [0.15, 0.2) is 48.5 Å². The fourth-order valence-electron chi connectivity index (χ4n) is 2.39. The van der Waals surface area contributed by atoms with E-state index in [1.54, 1.807) is 25.3 Å². The summed E-state index contributed by atoms with van der Waals surface area (Å²) < 4.78 is 5.14. The van der Waals surface area contributed by atoms with Gasteiger partial charge in [0.15, 0.2) is 0 Å². The van der Waals surface area contributed by atoms with E-state index < -0.39 is 0 Å². The van der Waals surface area contributed by atoms with Gasteiger partial charge in [-0.3, -0.25) is 9.59 Å². The Bertz CT molecular complexity index is 711. The molecule has 1 unspecified atom stereocenters. The van der Waals surface area contributed by atoms with Gasteiger partial charge in [-0.15, -0.1) is 0 Å². The standard InChI is InChI=1S/C19H22N2O3/c1-13-7-9-15(10-8-13)18(20-14(2)22)12-19(23)21-16-5-4-6-17(11-16)24-3/h4-11,18H,12H2,1-3H3,(H,20,22)(H,21,23). The Balaban J connectivity index is 2.08. The molecule has 5 nitrogen and oxygen atoms in total. The molecule has 5 heteroatoms. The van der Waals surface area contributed by atoms with E-state index in [1.165, 1.54) is 6.92 Å². The molecule has 126 valence electrons. The fourth-order valence-corrected chi connectivity index (χ4v) is 2.39. The zero-order chi connectivity index (χ0) is 17.5. The van der Waals surface area contributed by atoms with Gasteiger partial charge in [0, 0.05) is 18.7 Å². The molecule has 2 aromatic rings. The topological polar surface area (TPSA) is 67.4 Å². The molecule has 0 aliphatic rings. The minimum absolute atomic E-state index is 0.153. The average molecular weight is 326 g/mol. The van der Waals surface area contributed by atoms with Gasteiger partial charge in [-0.2, -0.15) is 0 Å². The maximum absolute atomic E-state index is 12.3. The van der Waals surface area contributed by atoms with Gasteiger partial charge >= 0.3 is 0 Å². The summed E-state index contributed by atoms with van der Waals surface area (Å²) in [6.07, 6.45) is 0.153. The predicted octanol–water partition coefficient (Wildman–Crippen LogP) is 3.21. The van der Waals surface area contributed by atoms with Crippen molar-refractivity contribution in [2.45, 2.75) is 26.3 Å². The molecule has 0 saturated heterocycles. The van der Waals surface area contributed by atoms with Crippen molar-refractivity contribution in [1.29, 1.82) is 0 Å². The summed E-state index contributed by atoms with van der Waals surface area (Å²) in [5.41, 5.74) is 2.68. The molecule has 2 amide bonds. The van der Waals surface area contributed by atoms with Crippen LogP contribution in [0.1, 0.15) is 30.5 Å². The number of hydrogen-bond acceptors (Lipinski definition) is 3. The zero-order valence-electron chi connectivity index (χ0n) is 14.1. The van der Waals surface area contributed by atoms with Crippen LogP contribution >= 0.6 is 0 Å². The van der Waals surface area contributed by atoms with Gasteiger partial charge in [-0.05, 0) is 24.6 Å². The number of carbonyl (C=O) groups is 2. The molecule has 0 radical (unpaired) electrons. The third-order valence-electron chi connectivity index (χ3n) is 3.60. The lowest BCUT2D eigenvalue weighted by molar-refractivity contribution is -0.120. The molecule has 0 aliphatic heterocycles. The van der Waals surface area contributed by atoms with Crippen LogP contribution in [0.25, 0.3) is 0 Å². The van der Waals surface area contributed by atoms with Gasteiger partial charge in [0.1, 0.15) is 5.75 Å². The van der Waals surface area contributed by atoms with Gasteiger partial charge in [0.05, 0.1) is 19.6 Å². The van der Waals surface area contributed by atoms with Crippen molar-refractivity contribution in [3.8, 4) is 5.75 Å². The van der Waals surface area contributed by atoms with Crippen LogP contribution in [0, 0.1) is 6.92 Å². The number of carbonyl (C=O) groups excluding carboxylic acids is 2. The summed E-state index contributed by atoms with van der Waals surface area (Å²) >= 11 is 0. The van der Waals surface area contributed by atoms with Gasteiger partial charge in [0.2, 0.25) is 11.8 Å². The fraction of sp³-hybridized carbons (Fsp3) is 0.263. The van der Waals surface area contributed by atoms with Crippen LogP contribution in [0.2, 0.25) is 0 Å². The van der Waals surface area contributed by atoms with Crippen molar-refractivity contribution in [2.75, 3.05) is 12.4 Å². The Labute approximate surface area is 142 Å². The van der Waals surface area contributed by atoms with Crippen LogP contribution in [0.5, 0.6) is 5.75 Å². The number of benzene rings is 2. The summed E-state index contributed by atoms with van der Waals surface area (Å²) in [5, 5.41) is 5.66. The van der Waals surface area contributed by atoms with E-state index in [4.69, 9.17) is 4.74 Å². The quantitative estimate of drug-likeness (QED) is 0.856. The van der Waals surface area contributed by atoms with E-state index >= 15 is 0 Å².